The summed E-state index contributed by atoms with van der Waals surface area (Å²) in [5.74, 6) is 1.81. The standard InChI is InChI=1S/C16H12N4O3/c17-9-13-14(7-4-8-18-13)22-11-16-19-15(20-23-16)10-21-12-5-2-1-3-6-12/h1-8H,10-11H2. The van der Waals surface area contributed by atoms with Gasteiger partial charge in [-0.2, -0.15) is 10.2 Å². The van der Waals surface area contributed by atoms with Crippen LogP contribution < -0.4 is 9.47 Å². The molecular formula is C16H12N4O3. The molecule has 0 bridgehead atoms. The van der Waals surface area contributed by atoms with E-state index >= 15 is 0 Å². The quantitative estimate of drug-likeness (QED) is 0.690. The average Bonchev–Trinajstić information content (AvgIpc) is 3.07. The first-order valence-electron chi connectivity index (χ1n) is 6.82. The number of pyridine rings is 1. The van der Waals surface area contributed by atoms with Crippen LogP contribution in [0.25, 0.3) is 0 Å². The highest BCUT2D eigenvalue weighted by atomic mass is 16.5. The zero-order valence-corrected chi connectivity index (χ0v) is 12.0. The molecule has 0 radical (unpaired) electrons. The number of nitriles is 1. The Bertz CT molecular complexity index is 811. The molecule has 3 rings (SSSR count). The van der Waals surface area contributed by atoms with E-state index < -0.39 is 0 Å². The molecule has 114 valence electrons. The molecule has 2 heterocycles. The van der Waals surface area contributed by atoms with Crippen LogP contribution in [0.15, 0.2) is 53.2 Å². The van der Waals surface area contributed by atoms with E-state index in [4.69, 9.17) is 19.3 Å². The van der Waals surface area contributed by atoms with Crippen LogP contribution in [0.2, 0.25) is 0 Å². The largest absolute Gasteiger partial charge is 0.485 e. The lowest BCUT2D eigenvalue weighted by Gasteiger charge is -2.03. The molecule has 0 spiro atoms. The van der Waals surface area contributed by atoms with E-state index in [1.54, 1.807) is 12.1 Å². The van der Waals surface area contributed by atoms with Crippen molar-refractivity contribution in [2.24, 2.45) is 0 Å². The smallest absolute Gasteiger partial charge is 0.264 e. The minimum absolute atomic E-state index is 0.0543. The average molecular weight is 308 g/mol. The number of hydrogen-bond donors (Lipinski definition) is 0. The second kappa shape index (κ2) is 7.04. The first kappa shape index (κ1) is 14.5. The maximum Gasteiger partial charge on any atom is 0.264 e. The van der Waals surface area contributed by atoms with Gasteiger partial charge >= 0.3 is 0 Å². The minimum atomic E-state index is 0.0543. The topological polar surface area (TPSA) is 94.1 Å². The molecule has 2 aromatic heterocycles. The molecule has 7 heteroatoms. The lowest BCUT2D eigenvalue weighted by Crippen LogP contribution is -2.00. The van der Waals surface area contributed by atoms with Crippen molar-refractivity contribution in [3.63, 3.8) is 0 Å². The van der Waals surface area contributed by atoms with E-state index in [0.29, 0.717) is 17.5 Å². The van der Waals surface area contributed by atoms with Gasteiger partial charge in [-0.15, -0.1) is 0 Å². The molecule has 0 aliphatic carbocycles. The highest BCUT2D eigenvalue weighted by Crippen LogP contribution is 2.16. The predicted molar refractivity (Wildman–Crippen MR) is 78.4 cm³/mol. The van der Waals surface area contributed by atoms with E-state index in [1.807, 2.05) is 36.4 Å². The Morgan fingerprint density at radius 3 is 2.74 bits per heavy atom. The zero-order chi connectivity index (χ0) is 15.9. The molecule has 0 aliphatic rings. The molecule has 0 aliphatic heterocycles. The zero-order valence-electron chi connectivity index (χ0n) is 12.0. The minimum Gasteiger partial charge on any atom is -0.485 e. The van der Waals surface area contributed by atoms with Crippen LogP contribution in [-0.4, -0.2) is 15.1 Å². The Balaban J connectivity index is 1.56. The van der Waals surface area contributed by atoms with E-state index in [-0.39, 0.29) is 18.9 Å². The Morgan fingerprint density at radius 2 is 1.91 bits per heavy atom. The van der Waals surface area contributed by atoms with Crippen molar-refractivity contribution in [2.75, 3.05) is 0 Å². The van der Waals surface area contributed by atoms with Crippen LogP contribution in [0.1, 0.15) is 17.4 Å². The van der Waals surface area contributed by atoms with Crippen LogP contribution in [0.5, 0.6) is 11.5 Å². The molecule has 3 aromatic rings. The lowest BCUT2D eigenvalue weighted by atomic mass is 10.3. The van der Waals surface area contributed by atoms with Crippen molar-refractivity contribution in [3.8, 4) is 17.6 Å². The molecular weight excluding hydrogens is 296 g/mol. The molecule has 23 heavy (non-hydrogen) atoms. The van der Waals surface area contributed by atoms with Crippen LogP contribution in [-0.2, 0) is 13.2 Å². The van der Waals surface area contributed by atoms with Gasteiger partial charge in [0.15, 0.2) is 24.7 Å². The summed E-state index contributed by atoms with van der Waals surface area (Å²) in [7, 11) is 0. The molecule has 0 unspecified atom stereocenters. The number of para-hydroxylation sites is 1. The van der Waals surface area contributed by atoms with Gasteiger partial charge in [0.2, 0.25) is 5.82 Å². The summed E-state index contributed by atoms with van der Waals surface area (Å²) in [4.78, 5) is 8.07. The highest BCUT2D eigenvalue weighted by Gasteiger charge is 2.10. The van der Waals surface area contributed by atoms with Crippen molar-refractivity contribution in [2.45, 2.75) is 13.2 Å². The summed E-state index contributed by atoms with van der Waals surface area (Å²) in [6.07, 6.45) is 1.52. The van der Waals surface area contributed by atoms with Crippen molar-refractivity contribution >= 4 is 0 Å². The van der Waals surface area contributed by atoms with Crippen molar-refractivity contribution in [1.29, 1.82) is 5.26 Å². The third-order valence-electron chi connectivity index (χ3n) is 2.85. The van der Waals surface area contributed by atoms with Gasteiger partial charge in [-0.25, -0.2) is 4.98 Å². The summed E-state index contributed by atoms with van der Waals surface area (Å²) in [6, 6.07) is 14.6. The predicted octanol–water partition coefficient (Wildman–Crippen LogP) is 2.49. The van der Waals surface area contributed by atoms with Crippen LogP contribution in [0.3, 0.4) is 0 Å². The van der Waals surface area contributed by atoms with Gasteiger partial charge in [0.05, 0.1) is 0 Å². The molecule has 0 fully saturated rings. The number of aromatic nitrogens is 3. The van der Waals surface area contributed by atoms with Crippen LogP contribution in [0, 0.1) is 11.3 Å². The second-order valence-corrected chi connectivity index (χ2v) is 4.46. The van der Waals surface area contributed by atoms with Gasteiger partial charge in [0.1, 0.15) is 11.8 Å². The Labute approximate surface area is 132 Å². The maximum atomic E-state index is 8.94. The first-order valence-corrected chi connectivity index (χ1v) is 6.82. The molecule has 0 atom stereocenters. The van der Waals surface area contributed by atoms with Gasteiger partial charge in [-0.3, -0.25) is 0 Å². The summed E-state index contributed by atoms with van der Waals surface area (Å²) in [5, 5.41) is 12.8. The molecule has 0 saturated heterocycles. The van der Waals surface area contributed by atoms with Gasteiger partial charge in [-0.1, -0.05) is 23.4 Å². The fraction of sp³-hybridized carbons (Fsp3) is 0.125. The van der Waals surface area contributed by atoms with Crippen molar-refractivity contribution in [3.05, 3.63) is 66.1 Å². The van der Waals surface area contributed by atoms with Crippen LogP contribution >= 0.6 is 0 Å². The first-order chi connectivity index (χ1) is 11.3. The maximum absolute atomic E-state index is 8.94. The summed E-state index contributed by atoms with van der Waals surface area (Å²) >= 11 is 0. The normalized spacial score (nSPS) is 10.0. The number of nitrogens with zero attached hydrogens (tertiary/aromatic N) is 4. The van der Waals surface area contributed by atoms with Gasteiger partial charge in [-0.05, 0) is 24.3 Å². The number of hydrogen-bond acceptors (Lipinski definition) is 7. The van der Waals surface area contributed by atoms with Crippen molar-refractivity contribution < 1.29 is 14.0 Å². The van der Waals surface area contributed by atoms with Gasteiger partial charge < -0.3 is 14.0 Å². The summed E-state index contributed by atoms with van der Waals surface area (Å²) in [5.41, 5.74) is 0.208. The molecule has 7 nitrogen and oxygen atoms in total. The second-order valence-electron chi connectivity index (χ2n) is 4.46. The number of benzene rings is 1. The van der Waals surface area contributed by atoms with Gasteiger partial charge in [0.25, 0.3) is 5.89 Å². The molecule has 0 amide bonds. The van der Waals surface area contributed by atoms with E-state index in [2.05, 4.69) is 15.1 Å². The van der Waals surface area contributed by atoms with Gasteiger partial charge in [0, 0.05) is 6.20 Å². The van der Waals surface area contributed by atoms with E-state index in [9.17, 15) is 0 Å². The fourth-order valence-corrected chi connectivity index (χ4v) is 1.80. The third-order valence-corrected chi connectivity index (χ3v) is 2.85. The SMILES string of the molecule is N#Cc1ncccc1OCc1nc(COc2ccccc2)no1. The lowest BCUT2D eigenvalue weighted by molar-refractivity contribution is 0.239. The van der Waals surface area contributed by atoms with Crippen molar-refractivity contribution in [1.82, 2.24) is 15.1 Å². The van der Waals surface area contributed by atoms with E-state index in [1.165, 1.54) is 6.20 Å². The van der Waals surface area contributed by atoms with E-state index in [0.717, 1.165) is 5.75 Å². The Kier molecular flexibility index (Phi) is 4.45. The monoisotopic (exact) mass is 308 g/mol. The number of ether oxygens (including phenoxy) is 2. The highest BCUT2D eigenvalue weighted by molar-refractivity contribution is 5.36. The third kappa shape index (κ3) is 3.83. The molecule has 1 aromatic carbocycles. The van der Waals surface area contributed by atoms with Crippen LogP contribution in [0.4, 0.5) is 0 Å². The molecule has 0 saturated carbocycles. The molecule has 0 N–H and O–H groups in total. The Hall–Kier alpha value is -3.40. The summed E-state index contributed by atoms with van der Waals surface area (Å²) < 4.78 is 16.1. The number of rotatable bonds is 6. The fourth-order valence-electron chi connectivity index (χ4n) is 1.80. The Morgan fingerprint density at radius 1 is 1.04 bits per heavy atom. The summed E-state index contributed by atoms with van der Waals surface area (Å²) in [6.45, 7) is 0.253.